The Morgan fingerprint density at radius 2 is 1.63 bits per heavy atom. The van der Waals surface area contributed by atoms with Gasteiger partial charge in [-0.1, -0.05) is 33.6 Å². The first-order valence-electron chi connectivity index (χ1n) is 9.36. The van der Waals surface area contributed by atoms with Gasteiger partial charge in [-0.25, -0.2) is 9.13 Å². The van der Waals surface area contributed by atoms with Gasteiger partial charge in [0.05, 0.1) is 12.7 Å². The minimum absolute atomic E-state index is 0.0522. The summed E-state index contributed by atoms with van der Waals surface area (Å²) in [4.78, 5) is 18.4. The van der Waals surface area contributed by atoms with Gasteiger partial charge >= 0.3 is 14.9 Å². The molecule has 5 nitrogen and oxygen atoms in total. The van der Waals surface area contributed by atoms with Crippen LogP contribution in [0.25, 0.3) is 0 Å². The molecule has 0 radical (unpaired) electrons. The molecule has 0 unspecified atom stereocenters. The number of hydrogen-bond acceptors (Lipinski definition) is 1. The van der Waals surface area contributed by atoms with Gasteiger partial charge in [-0.3, -0.25) is 4.57 Å². The van der Waals surface area contributed by atoms with Gasteiger partial charge in [-0.05, 0) is 25.7 Å². The second-order valence-electron chi connectivity index (χ2n) is 6.68. The molecule has 160 valence electrons. The lowest BCUT2D eigenvalue weighted by atomic mass is 9.89. The lowest BCUT2D eigenvalue weighted by molar-refractivity contribution is -0.697. The Balaban J connectivity index is 0.00000119. The van der Waals surface area contributed by atoms with Crippen molar-refractivity contribution in [1.29, 1.82) is 0 Å². The van der Waals surface area contributed by atoms with Crippen molar-refractivity contribution >= 4 is 14.9 Å². The summed E-state index contributed by atoms with van der Waals surface area (Å²) in [6.45, 7) is 7.40. The Morgan fingerprint density at radius 1 is 1.07 bits per heavy atom. The van der Waals surface area contributed by atoms with E-state index in [2.05, 4.69) is 42.4 Å². The minimum Gasteiger partial charge on any atom is -0.418 e. The van der Waals surface area contributed by atoms with E-state index in [1.165, 1.54) is 25.7 Å². The predicted octanol–water partition coefficient (Wildman–Crippen LogP) is 4.74. The highest BCUT2D eigenvalue weighted by Crippen LogP contribution is 2.40. The van der Waals surface area contributed by atoms with Gasteiger partial charge in [-0.2, -0.15) is 0 Å². The molecule has 1 aromatic heterocycles. The number of unbranched alkanes of at least 4 members (excludes halogenated alkanes) is 3. The van der Waals surface area contributed by atoms with Crippen LogP contribution in [-0.4, -0.2) is 27.8 Å². The van der Waals surface area contributed by atoms with E-state index in [1.807, 2.05) is 6.20 Å². The molecule has 0 amide bonds. The van der Waals surface area contributed by atoms with Crippen LogP contribution in [-0.2, 0) is 16.6 Å². The highest BCUT2D eigenvalue weighted by Gasteiger charge is 2.35. The molecule has 0 aliphatic carbocycles. The Labute approximate surface area is 159 Å². The molecular weight excluding hydrogens is 386 g/mol. The van der Waals surface area contributed by atoms with Crippen LogP contribution in [0.4, 0.5) is 17.3 Å². The van der Waals surface area contributed by atoms with Crippen molar-refractivity contribution in [2.45, 2.75) is 77.8 Å². The summed E-state index contributed by atoms with van der Waals surface area (Å²) in [5, 5.41) is 0. The van der Waals surface area contributed by atoms with Gasteiger partial charge in [0, 0.05) is 6.42 Å². The molecular formula is C16H32BF4N2O3P. The Morgan fingerprint density at radius 3 is 2.07 bits per heavy atom. The minimum atomic E-state index is -6.00. The first-order chi connectivity index (χ1) is 12.4. The van der Waals surface area contributed by atoms with Crippen molar-refractivity contribution in [2.75, 3.05) is 6.16 Å². The van der Waals surface area contributed by atoms with Gasteiger partial charge in [0.15, 0.2) is 0 Å². The molecule has 0 bridgehead atoms. The molecule has 1 aromatic rings. The Bertz CT molecular complexity index is 568. The number of halogens is 4. The van der Waals surface area contributed by atoms with Crippen LogP contribution in [0.15, 0.2) is 18.7 Å². The maximum Gasteiger partial charge on any atom is 0.673 e. The van der Waals surface area contributed by atoms with Crippen molar-refractivity contribution in [3.63, 3.8) is 0 Å². The standard InChI is InChI=1S/C16H31N2O3P.BF4/c1-4-7-8-9-11-17-12-13-18(15-17)16(5-2,6-3)10-14-22(19,20)21;2-1(3,4)5/h12-13,15H,4-11,14H2,1-3H3,(H-,19,20,21);/q;-1/p+1. The van der Waals surface area contributed by atoms with Crippen LogP contribution < -0.4 is 4.57 Å². The monoisotopic (exact) mass is 418 g/mol. The van der Waals surface area contributed by atoms with Crippen molar-refractivity contribution in [1.82, 2.24) is 4.57 Å². The summed E-state index contributed by atoms with van der Waals surface area (Å²) in [5.41, 5.74) is -0.199. The highest BCUT2D eigenvalue weighted by atomic mass is 31.2. The van der Waals surface area contributed by atoms with Crippen LogP contribution in [0, 0.1) is 0 Å². The molecule has 11 heteroatoms. The van der Waals surface area contributed by atoms with Crippen molar-refractivity contribution in [3.05, 3.63) is 18.7 Å². The van der Waals surface area contributed by atoms with Crippen molar-refractivity contribution < 1.29 is 36.2 Å². The maximum atomic E-state index is 11.2. The molecule has 0 aliphatic rings. The van der Waals surface area contributed by atoms with Gasteiger partial charge in [0.2, 0.25) is 6.33 Å². The van der Waals surface area contributed by atoms with Crippen LogP contribution >= 0.6 is 7.60 Å². The van der Waals surface area contributed by atoms with E-state index in [0.717, 1.165) is 19.4 Å². The molecule has 0 atom stereocenters. The summed E-state index contributed by atoms with van der Waals surface area (Å²) in [5.74, 6) is 0. The lowest BCUT2D eigenvalue weighted by Crippen LogP contribution is -2.36. The zero-order chi connectivity index (χ0) is 21.1. The average molecular weight is 418 g/mol. The van der Waals surface area contributed by atoms with E-state index >= 15 is 0 Å². The van der Waals surface area contributed by atoms with Crippen LogP contribution in [0.3, 0.4) is 0 Å². The molecule has 1 rings (SSSR count). The van der Waals surface area contributed by atoms with Gasteiger partial charge in [0.1, 0.15) is 17.9 Å². The number of aryl methyl sites for hydroxylation is 1. The van der Waals surface area contributed by atoms with E-state index in [9.17, 15) is 31.6 Å². The molecule has 0 saturated carbocycles. The first kappa shape index (κ1) is 26.1. The lowest BCUT2D eigenvalue weighted by Gasteiger charge is -2.28. The smallest absolute Gasteiger partial charge is 0.418 e. The topological polar surface area (TPSA) is 66.3 Å². The molecule has 27 heavy (non-hydrogen) atoms. The van der Waals surface area contributed by atoms with Gasteiger partial charge in [0.25, 0.3) is 0 Å². The molecule has 1 heterocycles. The number of aromatic nitrogens is 2. The summed E-state index contributed by atoms with van der Waals surface area (Å²) < 4.78 is 54.6. The number of imidazole rings is 1. The zero-order valence-electron chi connectivity index (χ0n) is 16.3. The molecule has 0 aliphatic heterocycles. The zero-order valence-corrected chi connectivity index (χ0v) is 17.2. The van der Waals surface area contributed by atoms with Gasteiger partial charge < -0.3 is 27.0 Å². The molecule has 0 spiro atoms. The maximum absolute atomic E-state index is 11.2. The summed E-state index contributed by atoms with van der Waals surface area (Å²) in [7, 11) is -9.95. The normalized spacial score (nSPS) is 12.6. The third kappa shape index (κ3) is 12.3. The predicted molar refractivity (Wildman–Crippen MR) is 99.0 cm³/mol. The highest BCUT2D eigenvalue weighted by molar-refractivity contribution is 7.51. The number of hydrogen-bond donors (Lipinski definition) is 2. The van der Waals surface area contributed by atoms with E-state index in [4.69, 9.17) is 0 Å². The van der Waals surface area contributed by atoms with E-state index < -0.39 is 14.9 Å². The molecule has 2 N–H and O–H groups in total. The Hall–Kier alpha value is -0.855. The second-order valence-corrected chi connectivity index (χ2v) is 8.46. The summed E-state index contributed by atoms with van der Waals surface area (Å²) >= 11 is 0. The fourth-order valence-corrected chi connectivity index (χ4v) is 3.69. The number of rotatable bonds is 11. The summed E-state index contributed by atoms with van der Waals surface area (Å²) in [6.07, 6.45) is 13.4. The van der Waals surface area contributed by atoms with Gasteiger partial charge in [-0.15, -0.1) is 0 Å². The fraction of sp³-hybridized carbons (Fsp3) is 0.812. The quantitative estimate of drug-likeness (QED) is 0.179. The Kier molecular flexibility index (Phi) is 11.5. The molecule has 0 aromatic carbocycles. The fourth-order valence-electron chi connectivity index (χ4n) is 2.98. The van der Waals surface area contributed by atoms with Crippen LogP contribution in [0.2, 0.25) is 0 Å². The molecule has 0 fully saturated rings. The largest absolute Gasteiger partial charge is 0.673 e. The van der Waals surface area contributed by atoms with E-state index in [1.54, 1.807) is 0 Å². The van der Waals surface area contributed by atoms with E-state index in [0.29, 0.717) is 6.42 Å². The third-order valence-electron chi connectivity index (χ3n) is 4.69. The molecule has 0 saturated heterocycles. The third-order valence-corrected chi connectivity index (χ3v) is 5.50. The van der Waals surface area contributed by atoms with Crippen LogP contribution in [0.5, 0.6) is 0 Å². The van der Waals surface area contributed by atoms with Crippen molar-refractivity contribution in [3.8, 4) is 0 Å². The first-order valence-corrected chi connectivity index (χ1v) is 11.2. The van der Waals surface area contributed by atoms with Crippen LogP contribution in [0.1, 0.15) is 65.7 Å². The SMILES string of the molecule is CCCCCC[n+]1ccn(C(CC)(CC)CCP(=O)(O)O)c1.F[B-](F)(F)F. The average Bonchev–Trinajstić information content (AvgIpc) is 3.00. The number of nitrogens with zero attached hydrogens (tertiary/aromatic N) is 2. The van der Waals surface area contributed by atoms with E-state index in [-0.39, 0.29) is 11.7 Å². The summed E-state index contributed by atoms with van der Waals surface area (Å²) in [6, 6.07) is 0. The van der Waals surface area contributed by atoms with Crippen molar-refractivity contribution in [2.24, 2.45) is 0 Å². The second kappa shape index (κ2) is 11.9.